The Morgan fingerprint density at radius 1 is 1.38 bits per heavy atom. The van der Waals surface area contributed by atoms with Gasteiger partial charge in [-0.25, -0.2) is 0 Å². The average molecular weight is 306 g/mol. The summed E-state index contributed by atoms with van der Waals surface area (Å²) < 4.78 is 5.63. The largest absolute Gasteiger partial charge is 0.481 e. The highest BCUT2D eigenvalue weighted by Crippen LogP contribution is 2.29. The van der Waals surface area contributed by atoms with Crippen molar-refractivity contribution in [3.8, 4) is 5.75 Å². The van der Waals surface area contributed by atoms with Crippen LogP contribution in [0.15, 0.2) is 35.7 Å². The van der Waals surface area contributed by atoms with Crippen molar-refractivity contribution in [3.63, 3.8) is 0 Å². The van der Waals surface area contributed by atoms with E-state index in [2.05, 4.69) is 12.2 Å². The van der Waals surface area contributed by atoms with Gasteiger partial charge in [0.05, 0.1) is 4.92 Å². The molecule has 6 heteroatoms. The molecule has 0 spiro atoms. The summed E-state index contributed by atoms with van der Waals surface area (Å²) in [4.78, 5) is 11.7. The zero-order chi connectivity index (χ0) is 15.1. The molecule has 1 aromatic carbocycles. The zero-order valence-corrected chi connectivity index (χ0v) is 12.7. The summed E-state index contributed by atoms with van der Waals surface area (Å²) in [5.41, 5.74) is 0.987. The molecule has 2 aromatic rings. The molecule has 0 fully saturated rings. The molecule has 0 saturated carbocycles. The number of ether oxygens (including phenoxy) is 1. The molecule has 0 unspecified atom stereocenters. The average Bonchev–Trinajstić information content (AvgIpc) is 2.98. The van der Waals surface area contributed by atoms with Crippen molar-refractivity contribution in [2.75, 3.05) is 6.54 Å². The van der Waals surface area contributed by atoms with Gasteiger partial charge in [0, 0.05) is 17.5 Å². The Bertz CT molecular complexity index is 585. The highest BCUT2D eigenvalue weighted by atomic mass is 32.1. The Kier molecular flexibility index (Phi) is 5.71. The van der Waals surface area contributed by atoms with Crippen molar-refractivity contribution >= 4 is 17.0 Å². The third-order valence-electron chi connectivity index (χ3n) is 2.93. The van der Waals surface area contributed by atoms with Crippen LogP contribution in [-0.4, -0.2) is 11.5 Å². The van der Waals surface area contributed by atoms with Gasteiger partial charge in [0.15, 0.2) is 5.75 Å². The first-order chi connectivity index (χ1) is 10.2. The second kappa shape index (κ2) is 7.75. The number of hydrogen-bond acceptors (Lipinski definition) is 5. The maximum Gasteiger partial charge on any atom is 0.310 e. The monoisotopic (exact) mass is 306 g/mol. The molecule has 0 bridgehead atoms. The van der Waals surface area contributed by atoms with E-state index in [1.807, 2.05) is 17.5 Å². The molecule has 2 rings (SSSR count). The van der Waals surface area contributed by atoms with Gasteiger partial charge in [0.25, 0.3) is 0 Å². The van der Waals surface area contributed by atoms with Crippen LogP contribution in [-0.2, 0) is 13.2 Å². The summed E-state index contributed by atoms with van der Waals surface area (Å²) in [5, 5.41) is 16.3. The standard InChI is InChI=1S/C15H18N2O3S/c1-2-7-16-10-12-5-6-14(17(18)19)15(9-12)20-11-13-4-3-8-21-13/h3-6,8-9,16H,2,7,10-11H2,1H3. The van der Waals surface area contributed by atoms with Gasteiger partial charge < -0.3 is 10.1 Å². The highest BCUT2D eigenvalue weighted by molar-refractivity contribution is 7.09. The SMILES string of the molecule is CCCNCc1ccc([N+](=O)[O-])c(OCc2cccs2)c1. The normalized spacial score (nSPS) is 10.5. The topological polar surface area (TPSA) is 64.4 Å². The van der Waals surface area contributed by atoms with Crippen LogP contribution in [0.3, 0.4) is 0 Å². The lowest BCUT2D eigenvalue weighted by molar-refractivity contribution is -0.386. The van der Waals surface area contributed by atoms with Gasteiger partial charge in [-0.2, -0.15) is 0 Å². The van der Waals surface area contributed by atoms with Crippen LogP contribution in [0.2, 0.25) is 0 Å². The predicted molar refractivity (Wildman–Crippen MR) is 83.7 cm³/mol. The molecular formula is C15H18N2O3S. The fourth-order valence-electron chi connectivity index (χ4n) is 1.89. The van der Waals surface area contributed by atoms with E-state index in [-0.39, 0.29) is 5.69 Å². The molecule has 0 atom stereocenters. The quantitative estimate of drug-likeness (QED) is 0.458. The van der Waals surface area contributed by atoms with Crippen molar-refractivity contribution in [1.29, 1.82) is 0 Å². The number of hydrogen-bond donors (Lipinski definition) is 1. The van der Waals surface area contributed by atoms with Crippen molar-refractivity contribution in [2.24, 2.45) is 0 Å². The van der Waals surface area contributed by atoms with Gasteiger partial charge in [0.2, 0.25) is 0 Å². The fourth-order valence-corrected chi connectivity index (χ4v) is 2.50. The van der Waals surface area contributed by atoms with Crippen LogP contribution in [0, 0.1) is 10.1 Å². The van der Waals surface area contributed by atoms with Crippen LogP contribution in [0.25, 0.3) is 0 Å². The smallest absolute Gasteiger partial charge is 0.310 e. The minimum atomic E-state index is -0.410. The lowest BCUT2D eigenvalue weighted by atomic mass is 10.2. The summed E-state index contributed by atoms with van der Waals surface area (Å²) >= 11 is 1.57. The van der Waals surface area contributed by atoms with E-state index in [1.165, 1.54) is 6.07 Å². The summed E-state index contributed by atoms with van der Waals surface area (Å²) in [6.07, 6.45) is 1.05. The Morgan fingerprint density at radius 3 is 2.90 bits per heavy atom. The summed E-state index contributed by atoms with van der Waals surface area (Å²) in [6.45, 7) is 4.05. The molecule has 0 aliphatic heterocycles. The molecule has 1 N–H and O–H groups in total. The van der Waals surface area contributed by atoms with E-state index in [0.29, 0.717) is 18.9 Å². The first-order valence-corrected chi connectivity index (χ1v) is 7.72. The van der Waals surface area contributed by atoms with Crippen molar-refractivity contribution in [1.82, 2.24) is 5.32 Å². The molecule has 5 nitrogen and oxygen atoms in total. The lowest BCUT2D eigenvalue weighted by Crippen LogP contribution is -2.13. The van der Waals surface area contributed by atoms with E-state index in [9.17, 15) is 10.1 Å². The number of benzene rings is 1. The van der Waals surface area contributed by atoms with E-state index >= 15 is 0 Å². The Morgan fingerprint density at radius 2 is 2.24 bits per heavy atom. The predicted octanol–water partition coefficient (Wildman–Crippen LogP) is 3.73. The van der Waals surface area contributed by atoms with E-state index in [4.69, 9.17) is 4.74 Å². The highest BCUT2D eigenvalue weighted by Gasteiger charge is 2.15. The first-order valence-electron chi connectivity index (χ1n) is 6.84. The number of nitrogens with zero attached hydrogens (tertiary/aromatic N) is 1. The van der Waals surface area contributed by atoms with Crippen molar-refractivity contribution in [3.05, 3.63) is 56.3 Å². The molecule has 0 saturated heterocycles. The number of nitrogens with one attached hydrogen (secondary N) is 1. The molecule has 112 valence electrons. The van der Waals surface area contributed by atoms with Crippen LogP contribution >= 0.6 is 11.3 Å². The number of rotatable bonds is 8. The van der Waals surface area contributed by atoms with Gasteiger partial charge >= 0.3 is 5.69 Å². The summed E-state index contributed by atoms with van der Waals surface area (Å²) in [6, 6.07) is 8.89. The molecule has 0 aliphatic rings. The second-order valence-corrected chi connectivity index (χ2v) is 5.64. The minimum absolute atomic E-state index is 0.00537. The van der Waals surface area contributed by atoms with E-state index < -0.39 is 4.92 Å². The fraction of sp³-hybridized carbons (Fsp3) is 0.333. The number of nitro benzene ring substituents is 1. The molecule has 0 aliphatic carbocycles. The summed E-state index contributed by atoms with van der Waals surface area (Å²) in [5.74, 6) is 0.323. The Balaban J connectivity index is 2.10. The van der Waals surface area contributed by atoms with Gasteiger partial charge in [0.1, 0.15) is 6.61 Å². The number of nitro groups is 1. The van der Waals surface area contributed by atoms with Crippen molar-refractivity contribution < 1.29 is 9.66 Å². The van der Waals surface area contributed by atoms with Gasteiger partial charge in [-0.05, 0) is 36.0 Å². The molecule has 1 heterocycles. The van der Waals surface area contributed by atoms with Crippen LogP contribution < -0.4 is 10.1 Å². The second-order valence-electron chi connectivity index (χ2n) is 4.60. The minimum Gasteiger partial charge on any atom is -0.481 e. The number of thiophene rings is 1. The van der Waals surface area contributed by atoms with E-state index in [0.717, 1.165) is 23.4 Å². The lowest BCUT2D eigenvalue weighted by Gasteiger charge is -2.09. The molecule has 0 radical (unpaired) electrons. The van der Waals surface area contributed by atoms with Crippen LogP contribution in [0.4, 0.5) is 5.69 Å². The summed E-state index contributed by atoms with van der Waals surface area (Å²) in [7, 11) is 0. The molecule has 1 aromatic heterocycles. The molecule has 0 amide bonds. The zero-order valence-electron chi connectivity index (χ0n) is 11.9. The first kappa shape index (κ1) is 15.5. The third kappa shape index (κ3) is 4.54. The van der Waals surface area contributed by atoms with Crippen LogP contribution in [0.1, 0.15) is 23.8 Å². The Labute approximate surface area is 127 Å². The van der Waals surface area contributed by atoms with E-state index in [1.54, 1.807) is 23.5 Å². The maximum absolute atomic E-state index is 11.1. The Hall–Kier alpha value is -1.92. The van der Waals surface area contributed by atoms with Crippen molar-refractivity contribution in [2.45, 2.75) is 26.5 Å². The van der Waals surface area contributed by atoms with Crippen LogP contribution in [0.5, 0.6) is 5.75 Å². The van der Waals surface area contributed by atoms with Gasteiger partial charge in [-0.3, -0.25) is 10.1 Å². The third-order valence-corrected chi connectivity index (χ3v) is 3.78. The maximum atomic E-state index is 11.1. The molecular weight excluding hydrogens is 288 g/mol. The molecule has 21 heavy (non-hydrogen) atoms. The van der Waals surface area contributed by atoms with Gasteiger partial charge in [-0.15, -0.1) is 11.3 Å². The van der Waals surface area contributed by atoms with Gasteiger partial charge in [-0.1, -0.05) is 19.1 Å².